The number of carbonyl (C=O) groups excluding carboxylic acids is 2. The number of halogens is 1. The molecule has 15 heavy (non-hydrogen) atoms. The van der Waals surface area contributed by atoms with E-state index in [1.165, 1.54) is 12.4 Å². The molecule has 0 spiro atoms. The average Bonchev–Trinajstić information content (AvgIpc) is 2.43. The van der Waals surface area contributed by atoms with Gasteiger partial charge in [0.1, 0.15) is 0 Å². The number of nitrogens with zero attached hydrogens (tertiary/aromatic N) is 1. The largest absolute Gasteiger partial charge is 0.502 e. The number of carbonyl (C=O) groups is 2. The summed E-state index contributed by atoms with van der Waals surface area (Å²) in [6.07, 6.45) is 2.96. The highest BCUT2D eigenvalue weighted by Crippen LogP contribution is 2.21. The molecule has 0 aliphatic carbocycles. The number of amides is 2. The van der Waals surface area contributed by atoms with E-state index in [1.54, 1.807) is 12.1 Å². The van der Waals surface area contributed by atoms with Gasteiger partial charge in [-0.05, 0) is 17.7 Å². The molecule has 2 N–H and O–H groups in total. The molecule has 2 rings (SSSR count). The van der Waals surface area contributed by atoms with E-state index in [-0.39, 0.29) is 18.0 Å². The molecule has 0 bridgehead atoms. The van der Waals surface area contributed by atoms with Crippen LogP contribution in [-0.2, 0) is 9.59 Å². The van der Waals surface area contributed by atoms with Crippen molar-refractivity contribution in [2.24, 2.45) is 0 Å². The number of aromatic nitrogens is 1. The summed E-state index contributed by atoms with van der Waals surface area (Å²) >= 11 is 0. The molecule has 0 saturated carbocycles. The van der Waals surface area contributed by atoms with E-state index < -0.39 is 17.6 Å². The van der Waals surface area contributed by atoms with Crippen LogP contribution in [0.15, 0.2) is 30.3 Å². The molecule has 1 aromatic rings. The normalized spacial score (nSPS) is 14.9. The third-order valence-corrected chi connectivity index (χ3v) is 1.87. The van der Waals surface area contributed by atoms with Crippen LogP contribution in [0, 0.1) is 0 Å². The number of pyridine rings is 1. The van der Waals surface area contributed by atoms with Crippen LogP contribution in [0.3, 0.4) is 0 Å². The molecule has 0 aromatic carbocycles. The number of hydrogen-bond donors (Lipinski definition) is 2. The second kappa shape index (κ2) is 4.10. The summed E-state index contributed by atoms with van der Waals surface area (Å²) in [5.74, 6) is -1.89. The van der Waals surface area contributed by atoms with Crippen molar-refractivity contribution in [1.82, 2.24) is 10.3 Å². The smallest absolute Gasteiger partial charge is 0.293 e. The van der Waals surface area contributed by atoms with Gasteiger partial charge in [-0.1, -0.05) is 0 Å². The average molecular weight is 227 g/mol. The van der Waals surface area contributed by atoms with Crippen molar-refractivity contribution in [3.63, 3.8) is 0 Å². The summed E-state index contributed by atoms with van der Waals surface area (Å²) in [7, 11) is 0. The second-order valence-electron chi connectivity index (χ2n) is 2.74. The summed E-state index contributed by atoms with van der Waals surface area (Å²) in [5.41, 5.74) is 0.471. The third kappa shape index (κ3) is 1.82. The summed E-state index contributed by atoms with van der Waals surface area (Å²) < 4.78 is 0. The van der Waals surface area contributed by atoms with Gasteiger partial charge in [0.15, 0.2) is 5.76 Å². The van der Waals surface area contributed by atoms with Gasteiger partial charge in [0.05, 0.1) is 5.57 Å². The number of aliphatic hydroxyl groups is 1. The highest BCUT2D eigenvalue weighted by Gasteiger charge is 2.30. The first-order valence-electron chi connectivity index (χ1n) is 3.89. The fourth-order valence-electron chi connectivity index (χ4n) is 1.23. The van der Waals surface area contributed by atoms with E-state index in [1.807, 2.05) is 5.32 Å². The van der Waals surface area contributed by atoms with Crippen LogP contribution in [0.4, 0.5) is 0 Å². The zero-order chi connectivity index (χ0) is 10.1. The summed E-state index contributed by atoms with van der Waals surface area (Å²) in [5, 5.41) is 11.3. The molecule has 2 heterocycles. The maximum absolute atomic E-state index is 11.2. The molecule has 0 radical (unpaired) electrons. The predicted octanol–water partition coefficient (Wildman–Crippen LogP) is 0.429. The Morgan fingerprint density at radius 1 is 1.13 bits per heavy atom. The van der Waals surface area contributed by atoms with Crippen molar-refractivity contribution in [2.75, 3.05) is 0 Å². The first kappa shape index (κ1) is 11.2. The summed E-state index contributed by atoms with van der Waals surface area (Å²) in [4.78, 5) is 25.9. The van der Waals surface area contributed by atoms with E-state index in [2.05, 4.69) is 4.98 Å². The maximum Gasteiger partial charge on any atom is 0.293 e. The van der Waals surface area contributed by atoms with Crippen molar-refractivity contribution >= 4 is 29.8 Å². The summed E-state index contributed by atoms with van der Waals surface area (Å²) in [6.45, 7) is 0. The fraction of sp³-hybridized carbons (Fsp3) is 0. The van der Waals surface area contributed by atoms with Gasteiger partial charge < -0.3 is 5.11 Å². The highest BCUT2D eigenvalue weighted by molar-refractivity contribution is 6.35. The second-order valence-corrected chi connectivity index (χ2v) is 2.74. The van der Waals surface area contributed by atoms with Gasteiger partial charge in [-0.3, -0.25) is 19.9 Å². The molecule has 0 fully saturated rings. The monoisotopic (exact) mass is 226 g/mol. The Balaban J connectivity index is 0.00000112. The Bertz CT molecular complexity index is 442. The summed E-state index contributed by atoms with van der Waals surface area (Å²) in [6, 6.07) is 3.09. The van der Waals surface area contributed by atoms with E-state index in [4.69, 9.17) is 0 Å². The lowest BCUT2D eigenvalue weighted by Gasteiger charge is -1.97. The van der Waals surface area contributed by atoms with Crippen LogP contribution in [-0.4, -0.2) is 21.9 Å². The molecule has 2 amide bonds. The van der Waals surface area contributed by atoms with Gasteiger partial charge in [-0.25, -0.2) is 0 Å². The van der Waals surface area contributed by atoms with Crippen molar-refractivity contribution in [3.05, 3.63) is 35.8 Å². The van der Waals surface area contributed by atoms with E-state index in [0.717, 1.165) is 0 Å². The van der Waals surface area contributed by atoms with E-state index in [0.29, 0.717) is 5.56 Å². The lowest BCUT2D eigenvalue weighted by atomic mass is 10.1. The topological polar surface area (TPSA) is 79.3 Å². The van der Waals surface area contributed by atoms with Crippen molar-refractivity contribution in [2.45, 2.75) is 0 Å². The van der Waals surface area contributed by atoms with Crippen LogP contribution >= 0.6 is 12.4 Å². The zero-order valence-corrected chi connectivity index (χ0v) is 8.25. The minimum atomic E-state index is -0.762. The molecule has 0 saturated heterocycles. The quantitative estimate of drug-likeness (QED) is 0.681. The van der Waals surface area contributed by atoms with Crippen molar-refractivity contribution in [3.8, 4) is 0 Å². The van der Waals surface area contributed by atoms with Gasteiger partial charge in [-0.2, -0.15) is 0 Å². The fourth-order valence-corrected chi connectivity index (χ4v) is 1.23. The number of hydrogen-bond acceptors (Lipinski definition) is 4. The highest BCUT2D eigenvalue weighted by atomic mass is 35.5. The van der Waals surface area contributed by atoms with Gasteiger partial charge in [0.2, 0.25) is 0 Å². The Morgan fingerprint density at radius 3 is 2.20 bits per heavy atom. The number of aliphatic hydroxyl groups excluding tert-OH is 1. The van der Waals surface area contributed by atoms with Crippen LogP contribution in [0.5, 0.6) is 0 Å². The van der Waals surface area contributed by atoms with Crippen LogP contribution in [0.2, 0.25) is 0 Å². The Morgan fingerprint density at radius 2 is 1.73 bits per heavy atom. The first-order valence-corrected chi connectivity index (χ1v) is 3.89. The molecular formula is C9H7ClN2O3. The maximum atomic E-state index is 11.2. The molecule has 5 nitrogen and oxygen atoms in total. The van der Waals surface area contributed by atoms with Crippen molar-refractivity contribution < 1.29 is 14.7 Å². The van der Waals surface area contributed by atoms with Gasteiger partial charge in [0, 0.05) is 12.4 Å². The van der Waals surface area contributed by atoms with Crippen LogP contribution in [0.25, 0.3) is 5.57 Å². The molecule has 1 aliphatic heterocycles. The minimum Gasteiger partial charge on any atom is -0.502 e. The van der Waals surface area contributed by atoms with E-state index >= 15 is 0 Å². The van der Waals surface area contributed by atoms with Gasteiger partial charge in [-0.15, -0.1) is 12.4 Å². The molecule has 6 heteroatoms. The SMILES string of the molecule is Cl.O=C1NC(=O)C(c2ccncc2)=C1O. The molecular weight excluding hydrogens is 220 g/mol. The predicted molar refractivity (Wildman–Crippen MR) is 54.2 cm³/mol. The van der Waals surface area contributed by atoms with Gasteiger partial charge in [0.25, 0.3) is 11.8 Å². The lowest BCUT2D eigenvalue weighted by molar-refractivity contribution is -0.124. The molecule has 1 aromatic heterocycles. The Hall–Kier alpha value is -1.88. The van der Waals surface area contributed by atoms with Gasteiger partial charge >= 0.3 is 0 Å². The van der Waals surface area contributed by atoms with E-state index in [9.17, 15) is 14.7 Å². The Labute approximate surface area is 91.2 Å². The van der Waals surface area contributed by atoms with Crippen LogP contribution in [0.1, 0.15) is 5.56 Å². The number of imide groups is 1. The molecule has 78 valence electrons. The third-order valence-electron chi connectivity index (χ3n) is 1.87. The van der Waals surface area contributed by atoms with Crippen LogP contribution < -0.4 is 5.32 Å². The molecule has 0 atom stereocenters. The molecule has 0 unspecified atom stereocenters. The number of rotatable bonds is 1. The minimum absolute atomic E-state index is 0. The lowest BCUT2D eigenvalue weighted by Crippen LogP contribution is -2.22. The Kier molecular flexibility index (Phi) is 3.06. The first-order chi connectivity index (χ1) is 6.70. The number of nitrogens with one attached hydrogen (secondary N) is 1. The molecule has 1 aliphatic rings. The standard InChI is InChI=1S/C9H6N2O3.ClH/c12-7-6(8(13)11-9(7)14)5-1-3-10-4-2-5;/h1-4H,(H2,11,12,13,14);1H. The zero-order valence-electron chi connectivity index (χ0n) is 7.43. The van der Waals surface area contributed by atoms with Crippen molar-refractivity contribution in [1.29, 1.82) is 0 Å².